The highest BCUT2D eigenvalue weighted by Gasteiger charge is 2.31. The topological polar surface area (TPSA) is 52.6 Å². The molecule has 0 aliphatic carbocycles. The molecule has 0 saturated carbocycles. The van der Waals surface area contributed by atoms with E-state index in [4.69, 9.17) is 0 Å². The smallest absolute Gasteiger partial charge is 0.217 e. The molecule has 3 unspecified atom stereocenters. The van der Waals surface area contributed by atoms with Crippen molar-refractivity contribution in [2.75, 3.05) is 13.1 Å². The first-order chi connectivity index (χ1) is 7.40. The van der Waals surface area contributed by atoms with Crippen molar-refractivity contribution < 1.29 is 9.90 Å². The predicted octanol–water partition coefficient (Wildman–Crippen LogP) is 0.602. The van der Waals surface area contributed by atoms with Crippen molar-refractivity contribution in [1.29, 1.82) is 0 Å². The summed E-state index contributed by atoms with van der Waals surface area (Å²) in [5.74, 6) is 0.271. The van der Waals surface area contributed by atoms with E-state index in [1.165, 1.54) is 0 Å². The molecule has 1 fully saturated rings. The zero-order valence-corrected chi connectivity index (χ0v) is 10.7. The van der Waals surface area contributed by atoms with Gasteiger partial charge < -0.3 is 10.4 Å². The Morgan fingerprint density at radius 2 is 2.00 bits per heavy atom. The van der Waals surface area contributed by atoms with E-state index in [2.05, 4.69) is 24.1 Å². The molecule has 4 nitrogen and oxygen atoms in total. The van der Waals surface area contributed by atoms with Gasteiger partial charge in [0.2, 0.25) is 5.91 Å². The summed E-state index contributed by atoms with van der Waals surface area (Å²) in [6.45, 7) is 9.49. The van der Waals surface area contributed by atoms with Gasteiger partial charge in [-0.1, -0.05) is 0 Å². The molecule has 3 atom stereocenters. The van der Waals surface area contributed by atoms with Crippen molar-refractivity contribution in [2.45, 2.75) is 52.3 Å². The summed E-state index contributed by atoms with van der Waals surface area (Å²) < 4.78 is 0. The number of amides is 1. The molecule has 0 aromatic rings. The minimum atomic E-state index is -0.308. The number of hydrogen-bond donors (Lipinski definition) is 2. The van der Waals surface area contributed by atoms with E-state index >= 15 is 0 Å². The van der Waals surface area contributed by atoms with Crippen LogP contribution in [0.4, 0.5) is 0 Å². The molecular weight excluding hydrogens is 204 g/mol. The summed E-state index contributed by atoms with van der Waals surface area (Å²) >= 11 is 0. The van der Waals surface area contributed by atoms with Crippen LogP contribution in [-0.4, -0.2) is 47.2 Å². The average molecular weight is 228 g/mol. The zero-order chi connectivity index (χ0) is 12.3. The van der Waals surface area contributed by atoms with Gasteiger partial charge in [-0.25, -0.2) is 0 Å². The molecule has 1 heterocycles. The van der Waals surface area contributed by atoms with Gasteiger partial charge >= 0.3 is 0 Å². The fraction of sp³-hybridized carbons (Fsp3) is 0.917. The molecule has 0 radical (unpaired) electrons. The van der Waals surface area contributed by atoms with Gasteiger partial charge in [-0.05, 0) is 33.1 Å². The van der Waals surface area contributed by atoms with Gasteiger partial charge in [0.15, 0.2) is 0 Å². The molecule has 94 valence electrons. The number of nitrogens with zero attached hydrogens (tertiary/aromatic N) is 1. The van der Waals surface area contributed by atoms with Crippen LogP contribution in [0.25, 0.3) is 0 Å². The number of aliphatic hydroxyl groups is 1. The van der Waals surface area contributed by atoms with Gasteiger partial charge in [-0.15, -0.1) is 0 Å². The first-order valence-corrected chi connectivity index (χ1v) is 6.09. The molecule has 1 saturated heterocycles. The largest absolute Gasteiger partial charge is 0.393 e. The average Bonchev–Trinajstić information content (AvgIpc) is 2.15. The van der Waals surface area contributed by atoms with Gasteiger partial charge in [0.05, 0.1) is 6.10 Å². The second kappa shape index (κ2) is 5.64. The Balaban J connectivity index is 2.62. The Morgan fingerprint density at radius 3 is 2.44 bits per heavy atom. The monoisotopic (exact) mass is 228 g/mol. The second-order valence-electron chi connectivity index (χ2n) is 5.18. The van der Waals surface area contributed by atoms with Crippen LogP contribution >= 0.6 is 0 Å². The van der Waals surface area contributed by atoms with E-state index in [9.17, 15) is 9.90 Å². The van der Waals surface area contributed by atoms with Crippen LogP contribution < -0.4 is 5.32 Å². The van der Waals surface area contributed by atoms with E-state index in [0.29, 0.717) is 6.04 Å². The van der Waals surface area contributed by atoms with Gasteiger partial charge in [-0.2, -0.15) is 0 Å². The number of carbonyl (C=O) groups excluding carboxylic acids is 1. The first kappa shape index (κ1) is 13.5. The highest BCUT2D eigenvalue weighted by atomic mass is 16.3. The lowest BCUT2D eigenvalue weighted by molar-refractivity contribution is -0.120. The number of likely N-dealkylation sites (tertiary alicyclic amines) is 1. The Bertz CT molecular complexity index is 225. The van der Waals surface area contributed by atoms with Gasteiger partial charge in [0.1, 0.15) is 0 Å². The van der Waals surface area contributed by atoms with Crippen molar-refractivity contribution in [3.05, 3.63) is 0 Å². The van der Waals surface area contributed by atoms with Crippen molar-refractivity contribution in [2.24, 2.45) is 5.92 Å². The maximum atomic E-state index is 11.1. The quantitative estimate of drug-likeness (QED) is 0.744. The SMILES string of the molecule is CC(=O)NC1CC(C(C)O)CN(C(C)C)C1. The molecule has 2 N–H and O–H groups in total. The predicted molar refractivity (Wildman–Crippen MR) is 64.1 cm³/mol. The molecular formula is C12H24N2O2. The number of piperidine rings is 1. The van der Waals surface area contributed by atoms with Gasteiger partial charge in [-0.3, -0.25) is 9.69 Å². The Labute approximate surface area is 98.0 Å². The van der Waals surface area contributed by atoms with Gasteiger partial charge in [0.25, 0.3) is 0 Å². The van der Waals surface area contributed by atoms with E-state index in [1.807, 2.05) is 6.92 Å². The lowest BCUT2D eigenvalue weighted by Gasteiger charge is -2.41. The van der Waals surface area contributed by atoms with Crippen molar-refractivity contribution >= 4 is 5.91 Å². The molecule has 0 aromatic heterocycles. The lowest BCUT2D eigenvalue weighted by Crippen LogP contribution is -2.54. The molecule has 1 rings (SSSR count). The molecule has 1 amide bonds. The maximum absolute atomic E-state index is 11.1. The van der Waals surface area contributed by atoms with E-state index in [-0.39, 0.29) is 24.0 Å². The highest BCUT2D eigenvalue weighted by molar-refractivity contribution is 5.73. The molecule has 4 heteroatoms. The van der Waals surface area contributed by atoms with Crippen LogP contribution in [0.5, 0.6) is 0 Å². The van der Waals surface area contributed by atoms with Crippen LogP contribution in [0.15, 0.2) is 0 Å². The van der Waals surface area contributed by atoms with Crippen LogP contribution in [0, 0.1) is 5.92 Å². The van der Waals surface area contributed by atoms with Crippen LogP contribution in [-0.2, 0) is 4.79 Å². The lowest BCUT2D eigenvalue weighted by atomic mass is 9.89. The third kappa shape index (κ3) is 3.76. The minimum absolute atomic E-state index is 0.0138. The van der Waals surface area contributed by atoms with E-state index in [0.717, 1.165) is 19.5 Å². The van der Waals surface area contributed by atoms with Crippen molar-refractivity contribution in [1.82, 2.24) is 10.2 Å². The van der Waals surface area contributed by atoms with Gasteiger partial charge in [0, 0.05) is 32.1 Å². The Hall–Kier alpha value is -0.610. The summed E-state index contributed by atoms with van der Waals surface area (Å²) in [5.41, 5.74) is 0. The second-order valence-corrected chi connectivity index (χ2v) is 5.18. The van der Waals surface area contributed by atoms with E-state index < -0.39 is 0 Å². The summed E-state index contributed by atoms with van der Waals surface area (Å²) in [4.78, 5) is 13.4. The third-order valence-corrected chi connectivity index (χ3v) is 3.33. The standard InChI is InChI=1S/C12H24N2O2/c1-8(2)14-6-11(9(3)15)5-12(7-14)13-10(4)16/h8-9,11-12,15H,5-7H2,1-4H3,(H,13,16). The van der Waals surface area contributed by atoms with Crippen molar-refractivity contribution in [3.63, 3.8) is 0 Å². The van der Waals surface area contributed by atoms with E-state index in [1.54, 1.807) is 6.92 Å². The summed E-state index contributed by atoms with van der Waals surface area (Å²) in [6, 6.07) is 0.631. The molecule has 0 spiro atoms. The molecule has 16 heavy (non-hydrogen) atoms. The number of carbonyl (C=O) groups is 1. The number of rotatable bonds is 3. The number of nitrogens with one attached hydrogen (secondary N) is 1. The minimum Gasteiger partial charge on any atom is -0.393 e. The fourth-order valence-corrected chi connectivity index (χ4v) is 2.34. The molecule has 1 aliphatic heterocycles. The Kier molecular flexibility index (Phi) is 4.74. The van der Waals surface area contributed by atoms with Crippen LogP contribution in [0.1, 0.15) is 34.1 Å². The molecule has 0 bridgehead atoms. The zero-order valence-electron chi connectivity index (χ0n) is 10.7. The summed E-state index contributed by atoms with van der Waals surface area (Å²) in [6.07, 6.45) is 0.568. The Morgan fingerprint density at radius 1 is 1.38 bits per heavy atom. The number of hydrogen-bond acceptors (Lipinski definition) is 3. The van der Waals surface area contributed by atoms with Crippen LogP contribution in [0.2, 0.25) is 0 Å². The fourth-order valence-electron chi connectivity index (χ4n) is 2.34. The highest BCUT2D eigenvalue weighted by Crippen LogP contribution is 2.21. The maximum Gasteiger partial charge on any atom is 0.217 e. The van der Waals surface area contributed by atoms with Crippen molar-refractivity contribution in [3.8, 4) is 0 Å². The van der Waals surface area contributed by atoms with Crippen LogP contribution in [0.3, 0.4) is 0 Å². The summed E-state index contributed by atoms with van der Waals surface area (Å²) in [7, 11) is 0. The normalized spacial score (nSPS) is 29.1. The number of aliphatic hydroxyl groups excluding tert-OH is 1. The third-order valence-electron chi connectivity index (χ3n) is 3.33. The first-order valence-electron chi connectivity index (χ1n) is 6.09. The molecule has 0 aromatic carbocycles. The summed E-state index contributed by atoms with van der Waals surface area (Å²) in [5, 5.41) is 12.6. The molecule has 1 aliphatic rings.